The van der Waals surface area contributed by atoms with Crippen molar-refractivity contribution in [3.05, 3.63) is 24.3 Å². The number of hydrogen-bond donors (Lipinski definition) is 2. The minimum Gasteiger partial charge on any atom is -0.435 e. The number of ether oxygens (including phenoxy) is 1. The molecule has 0 fully saturated rings. The van der Waals surface area contributed by atoms with Crippen molar-refractivity contribution in [3.8, 4) is 5.75 Å². The van der Waals surface area contributed by atoms with Gasteiger partial charge in [-0.2, -0.15) is 8.78 Å². The summed E-state index contributed by atoms with van der Waals surface area (Å²) in [4.78, 5) is 0. The van der Waals surface area contributed by atoms with Crippen LogP contribution in [-0.2, 0) is 10.0 Å². The van der Waals surface area contributed by atoms with Crippen molar-refractivity contribution >= 4 is 15.7 Å². The van der Waals surface area contributed by atoms with Crippen molar-refractivity contribution < 1.29 is 21.9 Å². The fourth-order valence-corrected chi connectivity index (χ4v) is 2.45. The Bertz CT molecular complexity index is 492. The largest absolute Gasteiger partial charge is 0.435 e. The van der Waals surface area contributed by atoms with Crippen molar-refractivity contribution in [2.24, 2.45) is 0 Å². The Morgan fingerprint density at radius 1 is 1.20 bits per heavy atom. The molecule has 0 spiro atoms. The molecule has 0 aromatic heterocycles. The summed E-state index contributed by atoms with van der Waals surface area (Å²) in [5.74, 6) is -0.0741. The van der Waals surface area contributed by atoms with Gasteiger partial charge in [0, 0.05) is 12.2 Å². The molecular formula is C12H18F2N2O3S. The molecule has 5 nitrogen and oxygen atoms in total. The molecule has 0 saturated carbocycles. The highest BCUT2D eigenvalue weighted by Gasteiger charge is 2.10. The number of anilines is 1. The standard InChI is InChI=1S/C12H18F2N2O3S/c1-2-7-15-8-9-20(17,18)16-10-3-5-11(6-4-10)19-12(13)14/h3-6,12,15-16H,2,7-9H2,1H3. The zero-order valence-electron chi connectivity index (χ0n) is 11.1. The molecule has 0 aliphatic rings. The molecule has 0 atom stereocenters. The average Bonchev–Trinajstić information content (AvgIpc) is 2.36. The third-order valence-corrected chi connectivity index (χ3v) is 3.62. The van der Waals surface area contributed by atoms with Crippen molar-refractivity contribution in [2.75, 3.05) is 23.6 Å². The van der Waals surface area contributed by atoms with Gasteiger partial charge in [-0.1, -0.05) is 6.92 Å². The Kier molecular flexibility index (Phi) is 6.66. The molecule has 1 rings (SSSR count). The maximum Gasteiger partial charge on any atom is 0.387 e. The Balaban J connectivity index is 2.50. The summed E-state index contributed by atoms with van der Waals surface area (Å²) < 4.78 is 53.9. The highest BCUT2D eigenvalue weighted by molar-refractivity contribution is 7.92. The van der Waals surface area contributed by atoms with Crippen molar-refractivity contribution in [2.45, 2.75) is 20.0 Å². The quantitative estimate of drug-likeness (QED) is 0.685. The van der Waals surface area contributed by atoms with Gasteiger partial charge in [0.1, 0.15) is 5.75 Å². The minimum atomic E-state index is -3.45. The van der Waals surface area contributed by atoms with Gasteiger partial charge in [-0.3, -0.25) is 4.72 Å². The Hall–Kier alpha value is -1.41. The second-order valence-corrected chi connectivity index (χ2v) is 5.92. The fourth-order valence-electron chi connectivity index (χ4n) is 1.44. The van der Waals surface area contributed by atoms with Gasteiger partial charge in [-0.25, -0.2) is 8.42 Å². The second-order valence-electron chi connectivity index (χ2n) is 4.07. The highest BCUT2D eigenvalue weighted by Crippen LogP contribution is 2.18. The number of alkyl halides is 2. The van der Waals surface area contributed by atoms with Crippen LogP contribution in [0.5, 0.6) is 5.75 Å². The molecular weight excluding hydrogens is 290 g/mol. The van der Waals surface area contributed by atoms with Crippen molar-refractivity contribution in [3.63, 3.8) is 0 Å². The highest BCUT2D eigenvalue weighted by atomic mass is 32.2. The fraction of sp³-hybridized carbons (Fsp3) is 0.500. The zero-order valence-corrected chi connectivity index (χ0v) is 11.9. The molecule has 1 aromatic carbocycles. The summed E-state index contributed by atoms with van der Waals surface area (Å²) in [7, 11) is -3.45. The molecule has 0 aliphatic heterocycles. The number of rotatable bonds is 9. The van der Waals surface area contributed by atoms with E-state index in [4.69, 9.17) is 0 Å². The molecule has 0 radical (unpaired) electrons. The summed E-state index contributed by atoms with van der Waals surface area (Å²) >= 11 is 0. The van der Waals surface area contributed by atoms with Crippen LogP contribution >= 0.6 is 0 Å². The summed E-state index contributed by atoms with van der Waals surface area (Å²) in [5.41, 5.74) is 0.308. The topological polar surface area (TPSA) is 67.4 Å². The van der Waals surface area contributed by atoms with Crippen LogP contribution in [0.4, 0.5) is 14.5 Å². The van der Waals surface area contributed by atoms with E-state index in [1.165, 1.54) is 24.3 Å². The first-order chi connectivity index (χ1) is 9.43. The number of benzene rings is 1. The lowest BCUT2D eigenvalue weighted by molar-refractivity contribution is -0.0498. The van der Waals surface area contributed by atoms with E-state index < -0.39 is 16.6 Å². The van der Waals surface area contributed by atoms with E-state index >= 15 is 0 Å². The van der Waals surface area contributed by atoms with Crippen LogP contribution in [0.3, 0.4) is 0 Å². The van der Waals surface area contributed by atoms with E-state index in [1.54, 1.807) is 0 Å². The first-order valence-corrected chi connectivity index (χ1v) is 7.84. The Morgan fingerprint density at radius 2 is 1.85 bits per heavy atom. The number of nitrogens with one attached hydrogen (secondary N) is 2. The maximum atomic E-state index is 12.0. The molecule has 20 heavy (non-hydrogen) atoms. The number of halogens is 2. The molecule has 0 heterocycles. The van der Waals surface area contributed by atoms with E-state index in [2.05, 4.69) is 14.8 Å². The normalized spacial score (nSPS) is 11.6. The van der Waals surface area contributed by atoms with Gasteiger partial charge in [0.15, 0.2) is 0 Å². The molecule has 0 amide bonds. The van der Waals surface area contributed by atoms with Gasteiger partial charge in [0.2, 0.25) is 10.0 Å². The Morgan fingerprint density at radius 3 is 2.40 bits per heavy atom. The van der Waals surface area contributed by atoms with Gasteiger partial charge in [-0.05, 0) is 37.2 Å². The van der Waals surface area contributed by atoms with Gasteiger partial charge >= 0.3 is 6.61 Å². The first-order valence-electron chi connectivity index (χ1n) is 6.19. The van der Waals surface area contributed by atoms with Crippen molar-refractivity contribution in [1.82, 2.24) is 5.32 Å². The molecule has 8 heteroatoms. The van der Waals surface area contributed by atoms with Gasteiger partial charge in [0.05, 0.1) is 5.75 Å². The molecule has 1 aromatic rings. The molecule has 0 unspecified atom stereocenters. The summed E-state index contributed by atoms with van der Waals surface area (Å²) in [6.45, 7) is 0.204. The monoisotopic (exact) mass is 308 g/mol. The van der Waals surface area contributed by atoms with E-state index in [0.717, 1.165) is 13.0 Å². The molecule has 0 saturated heterocycles. The van der Waals surface area contributed by atoms with Crippen LogP contribution in [0.2, 0.25) is 0 Å². The third-order valence-electron chi connectivity index (χ3n) is 2.33. The van der Waals surface area contributed by atoms with Crippen LogP contribution < -0.4 is 14.8 Å². The Labute approximate surface area is 117 Å². The predicted molar refractivity (Wildman–Crippen MR) is 73.6 cm³/mol. The summed E-state index contributed by atoms with van der Waals surface area (Å²) in [6, 6.07) is 5.29. The molecule has 2 N–H and O–H groups in total. The van der Waals surface area contributed by atoms with Gasteiger partial charge < -0.3 is 10.1 Å². The van der Waals surface area contributed by atoms with E-state index in [9.17, 15) is 17.2 Å². The van der Waals surface area contributed by atoms with Crippen LogP contribution in [0.15, 0.2) is 24.3 Å². The van der Waals surface area contributed by atoms with Crippen LogP contribution in [0, 0.1) is 0 Å². The second kappa shape index (κ2) is 8.01. The van der Waals surface area contributed by atoms with Crippen molar-refractivity contribution in [1.29, 1.82) is 0 Å². The van der Waals surface area contributed by atoms with Gasteiger partial charge in [0.25, 0.3) is 0 Å². The lowest BCUT2D eigenvalue weighted by Crippen LogP contribution is -2.27. The SMILES string of the molecule is CCCNCCS(=O)(=O)Nc1ccc(OC(F)F)cc1. The lowest BCUT2D eigenvalue weighted by Gasteiger charge is -2.09. The van der Waals surface area contributed by atoms with Gasteiger partial charge in [-0.15, -0.1) is 0 Å². The average molecular weight is 308 g/mol. The number of sulfonamides is 1. The van der Waals surface area contributed by atoms with E-state index in [1.807, 2.05) is 6.92 Å². The minimum absolute atomic E-state index is 0.0208. The van der Waals surface area contributed by atoms with E-state index in [-0.39, 0.29) is 11.5 Å². The summed E-state index contributed by atoms with van der Waals surface area (Å²) in [6.07, 6.45) is 0.930. The first kappa shape index (κ1) is 16.6. The summed E-state index contributed by atoms with van der Waals surface area (Å²) in [5, 5.41) is 2.99. The zero-order chi connectivity index (χ0) is 15.0. The maximum absolute atomic E-state index is 12.0. The van der Waals surface area contributed by atoms with E-state index in [0.29, 0.717) is 12.2 Å². The van der Waals surface area contributed by atoms with Crippen LogP contribution in [0.1, 0.15) is 13.3 Å². The number of hydrogen-bond acceptors (Lipinski definition) is 4. The molecule has 0 bridgehead atoms. The lowest BCUT2D eigenvalue weighted by atomic mass is 10.3. The molecule has 114 valence electrons. The van der Waals surface area contributed by atoms with Crippen LogP contribution in [0.25, 0.3) is 0 Å². The third kappa shape index (κ3) is 6.67. The van der Waals surface area contributed by atoms with Crippen LogP contribution in [-0.4, -0.2) is 33.9 Å². The predicted octanol–water partition coefficient (Wildman–Crippen LogP) is 2.03. The molecule has 0 aliphatic carbocycles. The smallest absolute Gasteiger partial charge is 0.387 e.